The largest absolute Gasteiger partial charge is 0.103 e. The van der Waals surface area contributed by atoms with E-state index in [1.165, 1.54) is 173 Å². The fraction of sp³-hybridized carbons (Fsp3) is 0.879. The standard InChI is InChI=1S/C30H60.C3H6/c1-3-5-7-9-11-13-15-17-19-21-23-25-27-29-30-28-26-24-22-20-18-16-14-12-10-8-6-4-2;1-3-2/h3H,1,4-30H2,2H3;3H,1H2,2H3. The van der Waals surface area contributed by atoms with Gasteiger partial charge in [-0.05, 0) is 19.8 Å². The minimum atomic E-state index is 1.21. The second kappa shape index (κ2) is 36.1. The van der Waals surface area contributed by atoms with Crippen molar-refractivity contribution >= 4 is 0 Å². The summed E-state index contributed by atoms with van der Waals surface area (Å²) in [4.78, 5) is 0. The van der Waals surface area contributed by atoms with E-state index in [2.05, 4.69) is 26.2 Å². The summed E-state index contributed by atoms with van der Waals surface area (Å²) in [5.74, 6) is 0. The average Bonchev–Trinajstić information content (AvgIpc) is 2.82. The van der Waals surface area contributed by atoms with Crippen LogP contribution in [0.5, 0.6) is 0 Å². The molecule has 33 heavy (non-hydrogen) atoms. The van der Waals surface area contributed by atoms with E-state index < -0.39 is 0 Å². The Hall–Kier alpha value is -0.520. The Labute approximate surface area is 212 Å². The first-order valence-corrected chi connectivity index (χ1v) is 15.5. The van der Waals surface area contributed by atoms with Gasteiger partial charge in [0, 0.05) is 0 Å². The van der Waals surface area contributed by atoms with Gasteiger partial charge in [-0.2, -0.15) is 0 Å². The Balaban J connectivity index is 0. The number of hydrogen-bond acceptors (Lipinski definition) is 0. The van der Waals surface area contributed by atoms with E-state index in [9.17, 15) is 0 Å². The Bertz CT molecular complexity index is 329. The number of hydrogen-bond donors (Lipinski definition) is 0. The summed E-state index contributed by atoms with van der Waals surface area (Å²) in [6, 6.07) is 0. The van der Waals surface area contributed by atoms with Crippen molar-refractivity contribution in [2.75, 3.05) is 0 Å². The summed E-state index contributed by atoms with van der Waals surface area (Å²) in [6.07, 6.45) is 43.2. The molecule has 0 unspecified atom stereocenters. The number of allylic oxidation sites excluding steroid dienone is 2. The summed E-state index contributed by atoms with van der Waals surface area (Å²) in [6.45, 7) is 11.3. The van der Waals surface area contributed by atoms with Gasteiger partial charge < -0.3 is 0 Å². The van der Waals surface area contributed by atoms with Crippen LogP contribution in [0.3, 0.4) is 0 Å². The minimum absolute atomic E-state index is 1.21. The first-order valence-electron chi connectivity index (χ1n) is 15.5. The van der Waals surface area contributed by atoms with Crippen LogP contribution < -0.4 is 0 Å². The summed E-state index contributed by atoms with van der Waals surface area (Å²) in [5, 5.41) is 0. The molecule has 0 N–H and O–H groups in total. The maximum Gasteiger partial charge on any atom is -0.0353 e. The molecule has 0 spiro atoms. The minimum Gasteiger partial charge on any atom is -0.103 e. The van der Waals surface area contributed by atoms with Gasteiger partial charge in [0.05, 0.1) is 0 Å². The Kier molecular flexibility index (Phi) is 37.9. The molecule has 0 aliphatic rings. The van der Waals surface area contributed by atoms with E-state index >= 15 is 0 Å². The van der Waals surface area contributed by atoms with Crippen molar-refractivity contribution in [1.29, 1.82) is 0 Å². The van der Waals surface area contributed by atoms with Crippen molar-refractivity contribution in [2.45, 2.75) is 187 Å². The zero-order valence-corrected chi connectivity index (χ0v) is 23.7. The lowest BCUT2D eigenvalue weighted by molar-refractivity contribution is 0.515. The van der Waals surface area contributed by atoms with Crippen LogP contribution >= 0.6 is 0 Å². The fourth-order valence-corrected chi connectivity index (χ4v) is 4.60. The summed E-state index contributed by atoms with van der Waals surface area (Å²) in [5.41, 5.74) is 0. The van der Waals surface area contributed by atoms with E-state index in [0.717, 1.165) is 0 Å². The SMILES string of the molecule is C=CC.C=CCCCCCCCCCCCCCCCCCCCCCCCCCCCC. The van der Waals surface area contributed by atoms with Gasteiger partial charge in [0.25, 0.3) is 0 Å². The van der Waals surface area contributed by atoms with E-state index in [0.29, 0.717) is 0 Å². The highest BCUT2D eigenvalue weighted by Crippen LogP contribution is 2.16. The van der Waals surface area contributed by atoms with Gasteiger partial charge in [0.2, 0.25) is 0 Å². The highest BCUT2D eigenvalue weighted by atomic mass is 14.0. The van der Waals surface area contributed by atoms with Crippen LogP contribution in [0.15, 0.2) is 25.3 Å². The van der Waals surface area contributed by atoms with Gasteiger partial charge in [-0.25, -0.2) is 0 Å². The van der Waals surface area contributed by atoms with Gasteiger partial charge in [-0.3, -0.25) is 0 Å². The zero-order valence-electron chi connectivity index (χ0n) is 23.7. The van der Waals surface area contributed by atoms with Crippen LogP contribution in [-0.2, 0) is 0 Å². The maximum atomic E-state index is 3.79. The molecule has 0 aromatic heterocycles. The van der Waals surface area contributed by atoms with Gasteiger partial charge in [0.1, 0.15) is 0 Å². The molecular formula is C33H66. The third-order valence-corrected chi connectivity index (χ3v) is 6.76. The molecule has 0 aliphatic carbocycles. The van der Waals surface area contributed by atoms with Crippen LogP contribution in [0.25, 0.3) is 0 Å². The molecule has 0 radical (unpaired) electrons. The van der Waals surface area contributed by atoms with E-state index in [1.807, 2.05) is 6.92 Å². The highest BCUT2D eigenvalue weighted by Gasteiger charge is 1.96. The molecule has 0 atom stereocenters. The third-order valence-electron chi connectivity index (χ3n) is 6.76. The first kappa shape index (κ1) is 34.6. The number of rotatable bonds is 27. The predicted octanol–water partition coefficient (Wildman–Crippen LogP) is 12.9. The van der Waals surface area contributed by atoms with Crippen LogP contribution in [-0.4, -0.2) is 0 Å². The van der Waals surface area contributed by atoms with E-state index in [-0.39, 0.29) is 0 Å². The molecule has 0 heteroatoms. The second-order valence-electron chi connectivity index (χ2n) is 10.3. The lowest BCUT2D eigenvalue weighted by atomic mass is 10.0. The molecule has 198 valence electrons. The lowest BCUT2D eigenvalue weighted by Gasteiger charge is -2.04. The van der Waals surface area contributed by atoms with Crippen LogP contribution in [0.1, 0.15) is 187 Å². The molecule has 0 aromatic rings. The van der Waals surface area contributed by atoms with E-state index in [1.54, 1.807) is 6.08 Å². The molecule has 0 fully saturated rings. The number of unbranched alkanes of at least 4 members (excludes halogenated alkanes) is 26. The Morgan fingerprint density at radius 1 is 0.364 bits per heavy atom. The Morgan fingerprint density at radius 3 is 0.727 bits per heavy atom. The molecule has 0 heterocycles. The molecular weight excluding hydrogens is 396 g/mol. The van der Waals surface area contributed by atoms with Gasteiger partial charge in [0.15, 0.2) is 0 Å². The fourth-order valence-electron chi connectivity index (χ4n) is 4.60. The van der Waals surface area contributed by atoms with Gasteiger partial charge in [-0.15, -0.1) is 13.2 Å². The summed E-state index contributed by atoms with van der Waals surface area (Å²) >= 11 is 0. The van der Waals surface area contributed by atoms with Crippen molar-refractivity contribution in [3.05, 3.63) is 25.3 Å². The van der Waals surface area contributed by atoms with E-state index in [4.69, 9.17) is 0 Å². The molecule has 0 aromatic carbocycles. The van der Waals surface area contributed by atoms with Crippen molar-refractivity contribution in [1.82, 2.24) is 0 Å². The van der Waals surface area contributed by atoms with Crippen molar-refractivity contribution < 1.29 is 0 Å². The Morgan fingerprint density at radius 2 is 0.545 bits per heavy atom. The molecule has 0 saturated heterocycles. The topological polar surface area (TPSA) is 0 Å². The molecule has 0 aliphatic heterocycles. The highest BCUT2D eigenvalue weighted by molar-refractivity contribution is 4.65. The predicted molar refractivity (Wildman–Crippen MR) is 156 cm³/mol. The lowest BCUT2D eigenvalue weighted by Crippen LogP contribution is -1.84. The van der Waals surface area contributed by atoms with Crippen LogP contribution in [0, 0.1) is 0 Å². The monoisotopic (exact) mass is 463 g/mol. The van der Waals surface area contributed by atoms with Crippen molar-refractivity contribution in [3.63, 3.8) is 0 Å². The molecule has 0 rings (SSSR count). The van der Waals surface area contributed by atoms with Crippen molar-refractivity contribution in [2.24, 2.45) is 0 Å². The third kappa shape index (κ3) is 39.0. The molecule has 0 amide bonds. The smallest absolute Gasteiger partial charge is 0.0353 e. The molecule has 0 saturated carbocycles. The molecule has 0 bridgehead atoms. The van der Waals surface area contributed by atoms with Gasteiger partial charge in [-0.1, -0.05) is 180 Å². The van der Waals surface area contributed by atoms with Crippen LogP contribution in [0.2, 0.25) is 0 Å². The van der Waals surface area contributed by atoms with Crippen LogP contribution in [0.4, 0.5) is 0 Å². The normalized spacial score (nSPS) is 10.6. The maximum absolute atomic E-state index is 3.79. The van der Waals surface area contributed by atoms with Gasteiger partial charge >= 0.3 is 0 Å². The quantitative estimate of drug-likeness (QED) is 0.0840. The summed E-state index contributed by atoms with van der Waals surface area (Å²) < 4.78 is 0. The zero-order chi connectivity index (χ0) is 24.5. The first-order chi connectivity index (χ1) is 16.3. The average molecular weight is 463 g/mol. The molecule has 0 nitrogen and oxygen atoms in total. The summed E-state index contributed by atoms with van der Waals surface area (Å²) in [7, 11) is 0. The second-order valence-corrected chi connectivity index (χ2v) is 10.3. The van der Waals surface area contributed by atoms with Crippen molar-refractivity contribution in [3.8, 4) is 0 Å².